The molecule has 0 aliphatic rings. The Kier molecular flexibility index (Phi) is 67.9. The maximum atomic E-state index is 12.9. The molecule has 522 valence electrons. The van der Waals surface area contributed by atoms with Gasteiger partial charge in [0.05, 0.1) is 27.7 Å². The molecule has 10 heteroatoms. The second kappa shape index (κ2) is 70.3. The molecule has 0 aromatic heterocycles. The number of allylic oxidation sites excluding steroid dienone is 16. The lowest BCUT2D eigenvalue weighted by atomic mass is 10.0. The lowest BCUT2D eigenvalue weighted by molar-refractivity contribution is -0.870. The zero-order valence-electron chi connectivity index (χ0n) is 59.6. The fourth-order valence-electron chi connectivity index (χ4n) is 10.9. The van der Waals surface area contributed by atoms with Gasteiger partial charge in [-0.05, 0) is 77.0 Å². The fraction of sp³-hybridized carbons (Fsp3) is 0.775. The Morgan fingerprint density at radius 3 is 0.944 bits per heavy atom. The highest BCUT2D eigenvalue weighted by Crippen LogP contribution is 2.38. The Bertz CT molecular complexity index is 1840. The first-order valence-corrected chi connectivity index (χ1v) is 39.4. The number of hydrogen-bond acceptors (Lipinski definition) is 8. The normalized spacial score (nSPS) is 13.6. The first-order chi connectivity index (χ1) is 44.0. The average molecular weight is 1280 g/mol. The topological polar surface area (TPSA) is 111 Å². The van der Waals surface area contributed by atoms with Gasteiger partial charge in [0.1, 0.15) is 19.8 Å². The number of ether oxygens (including phenoxy) is 2. The summed E-state index contributed by atoms with van der Waals surface area (Å²) in [6.45, 7) is 4.18. The van der Waals surface area contributed by atoms with E-state index in [0.717, 1.165) is 89.9 Å². The minimum absolute atomic E-state index is 0.0308. The number of likely N-dealkylation sites (N-methyl/N-ethyl adjacent to an activating group) is 1. The van der Waals surface area contributed by atoms with E-state index in [1.807, 2.05) is 21.1 Å². The Morgan fingerprint density at radius 1 is 0.356 bits per heavy atom. The van der Waals surface area contributed by atoms with E-state index in [9.17, 15) is 19.0 Å². The summed E-state index contributed by atoms with van der Waals surface area (Å²) in [5.74, 6) is -0.817. The quantitative estimate of drug-likeness (QED) is 0.0195. The number of carbonyl (C=O) groups is 2. The number of phosphoric ester groups is 1. The zero-order valence-corrected chi connectivity index (χ0v) is 60.5. The highest BCUT2D eigenvalue weighted by molar-refractivity contribution is 7.45. The van der Waals surface area contributed by atoms with Crippen LogP contribution in [0, 0.1) is 0 Å². The van der Waals surface area contributed by atoms with Gasteiger partial charge in [-0.2, -0.15) is 0 Å². The summed E-state index contributed by atoms with van der Waals surface area (Å²) in [4.78, 5) is 38.1. The highest BCUT2D eigenvalue weighted by Gasteiger charge is 2.22. The molecule has 0 amide bonds. The molecule has 0 spiro atoms. The first kappa shape index (κ1) is 86.9. The predicted molar refractivity (Wildman–Crippen MR) is 388 cm³/mol. The molecule has 9 nitrogen and oxygen atoms in total. The number of unbranched alkanes of at least 4 members (excludes halogenated alkanes) is 40. The Morgan fingerprint density at radius 2 is 0.633 bits per heavy atom. The molecule has 0 saturated carbocycles. The standard InChI is InChI=1S/C80H144NO8P/c1-6-8-10-12-14-16-18-20-22-24-26-28-30-32-33-34-35-36-37-38-39-40-41-42-43-44-45-46-47-49-51-53-55-57-59-61-63-65-67-69-71-73-80(83)89-78(77-88-90(84,85)87-75-74-81(3,4)5)76-86-79(82)72-70-68-66-64-62-60-58-56-54-52-50-48-31-29-27-25-23-21-19-17-15-13-11-9-7-2/h8,10,14,16,20,22,26,28,32-33,35-36,38-39,41-42,78H,6-7,9,11-13,15,17-19,21,23-25,27,29-31,34,37,40,43-77H2,1-5H3/b10-8-,16-14-,22-20-,28-26-,33-32-,36-35-,39-38-,42-41-. The van der Waals surface area contributed by atoms with Crippen molar-refractivity contribution in [2.45, 2.75) is 354 Å². The van der Waals surface area contributed by atoms with Crippen LogP contribution in [0.15, 0.2) is 97.2 Å². The Balaban J connectivity index is 3.98. The summed E-state index contributed by atoms with van der Waals surface area (Å²) in [6.07, 6.45) is 97.9. The van der Waals surface area contributed by atoms with E-state index in [1.54, 1.807) is 0 Å². The molecular formula is C80H144NO8P. The second-order valence-electron chi connectivity index (χ2n) is 26.6. The number of hydrogen-bond donors (Lipinski definition) is 0. The van der Waals surface area contributed by atoms with Crippen LogP contribution < -0.4 is 4.89 Å². The van der Waals surface area contributed by atoms with Gasteiger partial charge in [-0.3, -0.25) is 14.2 Å². The molecule has 2 atom stereocenters. The second-order valence-corrected chi connectivity index (χ2v) is 28.1. The van der Waals surface area contributed by atoms with E-state index in [2.05, 4.69) is 111 Å². The molecule has 0 bridgehead atoms. The van der Waals surface area contributed by atoms with Crippen LogP contribution in [-0.2, 0) is 32.7 Å². The fourth-order valence-corrected chi connectivity index (χ4v) is 11.6. The molecule has 0 heterocycles. The summed E-state index contributed by atoms with van der Waals surface area (Å²) in [7, 11) is 1.18. The SMILES string of the molecule is CC/C=C\C/C=C\C/C=C\C/C=C\C/C=C\C/C=C\C/C=C\C/C=C\CCCCCCCCCCCCCCCCCCC(=O)OC(COC(=O)CCCCCCCCCCCCCCCCCCCCCCCCCCC)COP(=O)([O-])OCC[N+](C)(C)C. The van der Waals surface area contributed by atoms with Crippen molar-refractivity contribution in [3.05, 3.63) is 97.2 Å². The summed E-state index contributed by atoms with van der Waals surface area (Å²) in [6, 6.07) is 0. The van der Waals surface area contributed by atoms with Crippen LogP contribution >= 0.6 is 7.82 Å². The van der Waals surface area contributed by atoms with E-state index in [0.29, 0.717) is 17.4 Å². The van der Waals surface area contributed by atoms with Gasteiger partial charge < -0.3 is 27.9 Å². The van der Waals surface area contributed by atoms with Crippen LogP contribution in [0.5, 0.6) is 0 Å². The third kappa shape index (κ3) is 74.0. The molecule has 0 N–H and O–H groups in total. The van der Waals surface area contributed by atoms with Crippen molar-refractivity contribution < 1.29 is 42.1 Å². The molecule has 0 aliphatic heterocycles. The van der Waals surface area contributed by atoms with Gasteiger partial charge in [0.25, 0.3) is 7.82 Å². The number of quaternary nitrogens is 1. The smallest absolute Gasteiger partial charge is 0.306 e. The molecule has 0 radical (unpaired) electrons. The molecule has 0 aliphatic carbocycles. The van der Waals surface area contributed by atoms with Crippen molar-refractivity contribution in [2.24, 2.45) is 0 Å². The van der Waals surface area contributed by atoms with Crippen molar-refractivity contribution in [2.75, 3.05) is 47.5 Å². The lowest BCUT2D eigenvalue weighted by Gasteiger charge is -2.28. The summed E-state index contributed by atoms with van der Waals surface area (Å²) in [5.41, 5.74) is 0. The van der Waals surface area contributed by atoms with E-state index in [4.69, 9.17) is 18.5 Å². The lowest BCUT2D eigenvalue weighted by Crippen LogP contribution is -2.37. The predicted octanol–water partition coefficient (Wildman–Crippen LogP) is 24.4. The van der Waals surface area contributed by atoms with Gasteiger partial charge in [0.15, 0.2) is 6.10 Å². The van der Waals surface area contributed by atoms with E-state index in [-0.39, 0.29) is 32.0 Å². The third-order valence-electron chi connectivity index (χ3n) is 16.6. The number of carbonyl (C=O) groups excluding carboxylic acids is 2. The molecule has 0 aromatic rings. The van der Waals surface area contributed by atoms with Crippen LogP contribution in [0.25, 0.3) is 0 Å². The molecule has 0 fully saturated rings. The Hall–Kier alpha value is -3.07. The number of rotatable bonds is 70. The van der Waals surface area contributed by atoms with Crippen LogP contribution in [0.2, 0.25) is 0 Å². The third-order valence-corrected chi connectivity index (χ3v) is 17.6. The minimum atomic E-state index is -4.64. The molecular weight excluding hydrogens is 1130 g/mol. The number of phosphoric acid groups is 1. The maximum Gasteiger partial charge on any atom is 0.306 e. The Labute approximate surface area is 557 Å². The van der Waals surface area contributed by atoms with E-state index in [1.165, 1.54) is 225 Å². The van der Waals surface area contributed by atoms with Crippen LogP contribution in [0.4, 0.5) is 0 Å². The van der Waals surface area contributed by atoms with Crippen molar-refractivity contribution >= 4 is 19.8 Å². The largest absolute Gasteiger partial charge is 0.756 e. The maximum absolute atomic E-state index is 12.9. The highest BCUT2D eigenvalue weighted by atomic mass is 31.2. The van der Waals surface area contributed by atoms with Crippen molar-refractivity contribution in [1.82, 2.24) is 0 Å². The van der Waals surface area contributed by atoms with Crippen LogP contribution in [-0.4, -0.2) is 70.0 Å². The molecule has 2 unspecified atom stereocenters. The van der Waals surface area contributed by atoms with Gasteiger partial charge in [-0.25, -0.2) is 0 Å². The first-order valence-electron chi connectivity index (χ1n) is 37.9. The summed E-state index contributed by atoms with van der Waals surface area (Å²) in [5, 5.41) is 0. The molecule has 90 heavy (non-hydrogen) atoms. The minimum Gasteiger partial charge on any atom is -0.756 e. The summed E-state index contributed by atoms with van der Waals surface area (Å²) < 4.78 is 34.4. The van der Waals surface area contributed by atoms with Gasteiger partial charge in [0, 0.05) is 12.8 Å². The van der Waals surface area contributed by atoms with Crippen molar-refractivity contribution in [3.63, 3.8) is 0 Å². The number of esters is 2. The number of nitrogens with zero attached hydrogens (tertiary/aromatic N) is 1. The van der Waals surface area contributed by atoms with Crippen LogP contribution in [0.3, 0.4) is 0 Å². The molecule has 0 rings (SSSR count). The van der Waals surface area contributed by atoms with Crippen LogP contribution in [0.1, 0.15) is 348 Å². The van der Waals surface area contributed by atoms with E-state index < -0.39 is 26.5 Å². The van der Waals surface area contributed by atoms with Gasteiger partial charge in [0.2, 0.25) is 0 Å². The monoisotopic (exact) mass is 1280 g/mol. The average Bonchev–Trinajstić information content (AvgIpc) is 3.62. The van der Waals surface area contributed by atoms with Crippen molar-refractivity contribution in [3.8, 4) is 0 Å². The molecule has 0 aromatic carbocycles. The molecule has 0 saturated heterocycles. The zero-order chi connectivity index (χ0) is 65.5. The van der Waals surface area contributed by atoms with Gasteiger partial charge in [-0.15, -0.1) is 0 Å². The van der Waals surface area contributed by atoms with Gasteiger partial charge >= 0.3 is 11.9 Å². The van der Waals surface area contributed by atoms with E-state index >= 15 is 0 Å². The summed E-state index contributed by atoms with van der Waals surface area (Å²) >= 11 is 0. The van der Waals surface area contributed by atoms with Gasteiger partial charge in [-0.1, -0.05) is 355 Å². The van der Waals surface area contributed by atoms with Crippen molar-refractivity contribution in [1.29, 1.82) is 0 Å².